The normalized spacial score (nSPS) is 15.3. The summed E-state index contributed by atoms with van der Waals surface area (Å²) in [7, 11) is 3.63. The van der Waals surface area contributed by atoms with Crippen LogP contribution in [0.1, 0.15) is 27.9 Å². The first kappa shape index (κ1) is 18.3. The molecule has 2 aromatic carbocycles. The van der Waals surface area contributed by atoms with Gasteiger partial charge in [0, 0.05) is 32.6 Å². The van der Waals surface area contributed by atoms with Gasteiger partial charge in [0.2, 0.25) is 5.95 Å². The van der Waals surface area contributed by atoms with Gasteiger partial charge in [-0.2, -0.15) is 4.98 Å². The summed E-state index contributed by atoms with van der Waals surface area (Å²) in [6.45, 7) is 0. The maximum Gasteiger partial charge on any atom is 0.260 e. The van der Waals surface area contributed by atoms with Gasteiger partial charge in [-0.1, -0.05) is 18.2 Å². The Kier molecular flexibility index (Phi) is 4.24. The van der Waals surface area contributed by atoms with Crippen LogP contribution in [0, 0.1) is 0 Å². The monoisotopic (exact) mass is 399 g/mol. The number of carbonyl (C=O) groups is 2. The number of aryl methyl sites for hydroxylation is 1. The highest BCUT2D eigenvalue weighted by molar-refractivity contribution is 6.13. The van der Waals surface area contributed by atoms with E-state index in [-0.39, 0.29) is 5.91 Å². The zero-order valence-corrected chi connectivity index (χ0v) is 16.8. The molecule has 1 amide bonds. The van der Waals surface area contributed by atoms with E-state index in [4.69, 9.17) is 4.98 Å². The lowest BCUT2D eigenvalue weighted by molar-refractivity contribution is -0.118. The number of anilines is 5. The predicted molar refractivity (Wildman–Crippen MR) is 116 cm³/mol. The number of amides is 1. The third-order valence-corrected chi connectivity index (χ3v) is 5.75. The van der Waals surface area contributed by atoms with Crippen molar-refractivity contribution in [3.63, 3.8) is 0 Å². The SMILES string of the molecule is CN1C(=O)c2ccccc2N(C)c2nc(Nc3ccc4c(c3)CCC(=O)C4)ncc21. The number of fused-ring (bicyclic) bond motifs is 3. The molecule has 1 N–H and O–H groups in total. The number of rotatable bonds is 2. The summed E-state index contributed by atoms with van der Waals surface area (Å²) < 4.78 is 0. The molecule has 0 saturated heterocycles. The Morgan fingerprint density at radius 1 is 0.933 bits per heavy atom. The molecule has 0 atom stereocenters. The van der Waals surface area contributed by atoms with Gasteiger partial charge in [-0.05, 0) is 41.8 Å². The Bertz CT molecular complexity index is 1190. The topological polar surface area (TPSA) is 78.4 Å². The number of hydrogen-bond donors (Lipinski definition) is 1. The van der Waals surface area contributed by atoms with Crippen LogP contribution in [0.2, 0.25) is 0 Å². The minimum atomic E-state index is -0.0928. The third kappa shape index (κ3) is 2.99. The van der Waals surface area contributed by atoms with Crippen LogP contribution in [0.25, 0.3) is 0 Å². The molecule has 1 aromatic heterocycles. The Hall–Kier alpha value is -3.74. The second-order valence-corrected chi connectivity index (χ2v) is 7.67. The first-order valence-electron chi connectivity index (χ1n) is 9.89. The minimum Gasteiger partial charge on any atom is -0.327 e. The van der Waals surface area contributed by atoms with Crippen molar-refractivity contribution >= 4 is 40.5 Å². The van der Waals surface area contributed by atoms with Gasteiger partial charge >= 0.3 is 0 Å². The highest BCUT2D eigenvalue weighted by Crippen LogP contribution is 2.38. The van der Waals surface area contributed by atoms with Crippen LogP contribution < -0.4 is 15.1 Å². The van der Waals surface area contributed by atoms with E-state index in [0.29, 0.717) is 41.6 Å². The Morgan fingerprint density at radius 2 is 1.77 bits per heavy atom. The van der Waals surface area contributed by atoms with Crippen molar-refractivity contribution < 1.29 is 9.59 Å². The standard InChI is InChI=1S/C23H21N5O2/c1-27-19-6-4-3-5-18(19)22(30)28(2)20-13-24-23(26-21(20)27)25-16-9-7-15-12-17(29)10-8-14(15)11-16/h3-7,9,11,13H,8,10,12H2,1-2H3,(H,24,25,26). The van der Waals surface area contributed by atoms with E-state index in [0.717, 1.165) is 23.4 Å². The largest absolute Gasteiger partial charge is 0.327 e. The molecule has 3 aromatic rings. The lowest BCUT2D eigenvalue weighted by atomic mass is 9.90. The van der Waals surface area contributed by atoms with Crippen LogP contribution in [0.5, 0.6) is 0 Å². The number of ketones is 1. The molecule has 0 spiro atoms. The molecule has 150 valence electrons. The van der Waals surface area contributed by atoms with Gasteiger partial charge in [0.25, 0.3) is 5.91 Å². The number of benzene rings is 2. The van der Waals surface area contributed by atoms with Crippen LogP contribution in [-0.2, 0) is 17.6 Å². The van der Waals surface area contributed by atoms with Crippen molar-refractivity contribution in [1.29, 1.82) is 0 Å². The van der Waals surface area contributed by atoms with Crippen molar-refractivity contribution in [2.24, 2.45) is 0 Å². The zero-order valence-electron chi connectivity index (χ0n) is 16.8. The molecule has 0 saturated carbocycles. The molecule has 0 fully saturated rings. The van der Waals surface area contributed by atoms with Crippen molar-refractivity contribution in [1.82, 2.24) is 9.97 Å². The first-order chi connectivity index (χ1) is 14.5. The van der Waals surface area contributed by atoms with Gasteiger partial charge in [0.05, 0.1) is 17.4 Å². The summed E-state index contributed by atoms with van der Waals surface area (Å²) in [4.78, 5) is 37.2. The van der Waals surface area contributed by atoms with E-state index in [1.54, 1.807) is 18.1 Å². The van der Waals surface area contributed by atoms with Gasteiger partial charge < -0.3 is 15.1 Å². The molecule has 0 bridgehead atoms. The first-order valence-corrected chi connectivity index (χ1v) is 9.89. The fraction of sp³-hybridized carbons (Fsp3) is 0.217. The molecular formula is C23H21N5O2. The molecule has 2 heterocycles. The summed E-state index contributed by atoms with van der Waals surface area (Å²) in [5.41, 5.74) is 5.23. The second kappa shape index (κ2) is 6.95. The highest BCUT2D eigenvalue weighted by atomic mass is 16.2. The average Bonchev–Trinajstić information content (AvgIpc) is 2.84. The maximum atomic E-state index is 12.9. The van der Waals surface area contributed by atoms with Crippen molar-refractivity contribution in [2.45, 2.75) is 19.3 Å². The minimum absolute atomic E-state index is 0.0928. The summed E-state index contributed by atoms with van der Waals surface area (Å²) in [6.07, 6.45) is 3.54. The lowest BCUT2D eigenvalue weighted by Crippen LogP contribution is -2.25. The number of Topliss-reactive ketones (excluding diaryl/α,β-unsaturated/α-hetero) is 1. The molecule has 7 heteroatoms. The molecule has 0 unspecified atom stereocenters. The van der Waals surface area contributed by atoms with Gasteiger partial charge in [0.15, 0.2) is 5.82 Å². The third-order valence-electron chi connectivity index (χ3n) is 5.75. The zero-order chi connectivity index (χ0) is 20.8. The maximum absolute atomic E-state index is 12.9. The van der Waals surface area contributed by atoms with Gasteiger partial charge in [-0.3, -0.25) is 9.59 Å². The van der Waals surface area contributed by atoms with E-state index < -0.39 is 0 Å². The van der Waals surface area contributed by atoms with Crippen molar-refractivity contribution in [2.75, 3.05) is 29.2 Å². The molecule has 1 aliphatic heterocycles. The molecular weight excluding hydrogens is 378 g/mol. The van der Waals surface area contributed by atoms with E-state index in [9.17, 15) is 9.59 Å². The molecule has 0 radical (unpaired) electrons. The number of aromatic nitrogens is 2. The van der Waals surface area contributed by atoms with Gasteiger partial charge in [-0.25, -0.2) is 4.98 Å². The molecule has 30 heavy (non-hydrogen) atoms. The molecule has 1 aliphatic carbocycles. The van der Waals surface area contributed by atoms with Crippen LogP contribution in [0.15, 0.2) is 48.7 Å². The summed E-state index contributed by atoms with van der Waals surface area (Å²) in [6, 6.07) is 13.5. The molecule has 2 aliphatic rings. The summed E-state index contributed by atoms with van der Waals surface area (Å²) in [5.74, 6) is 1.30. The predicted octanol–water partition coefficient (Wildman–Crippen LogP) is 3.64. The lowest BCUT2D eigenvalue weighted by Gasteiger charge is -2.21. The second-order valence-electron chi connectivity index (χ2n) is 7.67. The number of para-hydroxylation sites is 1. The summed E-state index contributed by atoms with van der Waals surface area (Å²) >= 11 is 0. The van der Waals surface area contributed by atoms with Crippen molar-refractivity contribution in [3.8, 4) is 0 Å². The van der Waals surface area contributed by atoms with E-state index in [1.807, 2.05) is 48.3 Å². The van der Waals surface area contributed by atoms with Crippen molar-refractivity contribution in [3.05, 3.63) is 65.4 Å². The average molecular weight is 399 g/mol. The van der Waals surface area contributed by atoms with E-state index in [1.165, 1.54) is 5.56 Å². The van der Waals surface area contributed by atoms with Crippen LogP contribution in [0.3, 0.4) is 0 Å². The van der Waals surface area contributed by atoms with Gasteiger partial charge in [0.1, 0.15) is 11.5 Å². The van der Waals surface area contributed by atoms with Crippen LogP contribution in [-0.4, -0.2) is 35.8 Å². The fourth-order valence-corrected chi connectivity index (χ4v) is 4.07. The fourth-order valence-electron chi connectivity index (χ4n) is 4.07. The number of nitrogens with zero attached hydrogens (tertiary/aromatic N) is 4. The number of carbonyl (C=O) groups excluding carboxylic acids is 2. The van der Waals surface area contributed by atoms with E-state index in [2.05, 4.69) is 16.4 Å². The van der Waals surface area contributed by atoms with Gasteiger partial charge in [-0.15, -0.1) is 0 Å². The van der Waals surface area contributed by atoms with E-state index >= 15 is 0 Å². The van der Waals surface area contributed by atoms with Crippen LogP contribution >= 0.6 is 0 Å². The number of nitrogens with one attached hydrogen (secondary N) is 1. The number of hydrogen-bond acceptors (Lipinski definition) is 6. The summed E-state index contributed by atoms with van der Waals surface area (Å²) in [5, 5.41) is 3.27. The molecule has 7 nitrogen and oxygen atoms in total. The highest BCUT2D eigenvalue weighted by Gasteiger charge is 2.28. The van der Waals surface area contributed by atoms with Crippen LogP contribution in [0.4, 0.5) is 28.8 Å². The Labute approximate surface area is 174 Å². The Balaban J connectivity index is 1.51. The molecule has 5 rings (SSSR count). The quantitative estimate of drug-likeness (QED) is 0.709. The smallest absolute Gasteiger partial charge is 0.260 e. The Morgan fingerprint density at radius 3 is 2.63 bits per heavy atom.